The lowest BCUT2D eigenvalue weighted by Crippen LogP contribution is -2.56. The molecule has 15 heteroatoms. The number of sulfonamides is 1. The summed E-state index contributed by atoms with van der Waals surface area (Å²) in [7, 11) is -3.88. The normalized spacial score (nSPS) is 29.4. The molecule has 282 valence electrons. The molecule has 1 unspecified atom stereocenters. The summed E-state index contributed by atoms with van der Waals surface area (Å²) in [5.74, 6) is -2.04. The first-order valence-corrected chi connectivity index (χ1v) is 20.0. The van der Waals surface area contributed by atoms with Gasteiger partial charge in [0.25, 0.3) is 5.91 Å². The zero-order valence-corrected chi connectivity index (χ0v) is 30.4. The molecular weight excluding hydrogens is 690 g/mol. The lowest BCUT2D eigenvalue weighted by atomic mass is 10.0. The maximum Gasteiger partial charge on any atom is 0.410 e. The summed E-state index contributed by atoms with van der Waals surface area (Å²) in [4.78, 5) is 71.1. The van der Waals surface area contributed by atoms with Crippen LogP contribution in [-0.4, -0.2) is 90.8 Å². The molecule has 1 aromatic rings. The van der Waals surface area contributed by atoms with Crippen molar-refractivity contribution < 1.29 is 41.9 Å². The van der Waals surface area contributed by atoms with Crippen LogP contribution < -0.4 is 15.4 Å². The Labute approximate surface area is 304 Å². The van der Waals surface area contributed by atoms with Crippen LogP contribution in [-0.2, 0) is 47.0 Å². The van der Waals surface area contributed by atoms with Gasteiger partial charge in [0.15, 0.2) is 0 Å². The number of ether oxygens (including phenoxy) is 2. The minimum atomic E-state index is -3.88. The molecule has 52 heavy (non-hydrogen) atoms. The van der Waals surface area contributed by atoms with Gasteiger partial charge in [-0.15, -0.1) is 0 Å². The fraction of sp³-hybridized carbons (Fsp3) is 0.595. The van der Waals surface area contributed by atoms with Crippen molar-refractivity contribution in [3.8, 4) is 0 Å². The van der Waals surface area contributed by atoms with E-state index < -0.39 is 69.4 Å². The highest BCUT2D eigenvalue weighted by Gasteiger charge is 2.45. The number of carbonyl (C=O) groups excluding carboxylic acids is 5. The molecule has 4 heterocycles. The number of carbonyl (C=O) groups is 5. The van der Waals surface area contributed by atoms with Gasteiger partial charge in [-0.2, -0.15) is 0 Å². The molecule has 1 aliphatic carbocycles. The third-order valence-electron chi connectivity index (χ3n) is 10.3. The Kier molecular flexibility index (Phi) is 11.9. The van der Waals surface area contributed by atoms with Crippen LogP contribution in [0.4, 0.5) is 9.59 Å². The van der Waals surface area contributed by atoms with Gasteiger partial charge in [-0.1, -0.05) is 62.3 Å². The minimum absolute atomic E-state index is 0.0397. The highest BCUT2D eigenvalue weighted by molar-refractivity contribution is 7.90. The highest BCUT2D eigenvalue weighted by atomic mass is 32.2. The summed E-state index contributed by atoms with van der Waals surface area (Å²) < 4.78 is 38.9. The third-order valence-corrected chi connectivity index (χ3v) is 12.2. The van der Waals surface area contributed by atoms with Gasteiger partial charge in [-0.3, -0.25) is 24.0 Å². The maximum absolute atomic E-state index is 14.3. The summed E-state index contributed by atoms with van der Waals surface area (Å²) >= 11 is 0. The molecular formula is C37H49N5O9S. The van der Waals surface area contributed by atoms with Crippen LogP contribution in [0.3, 0.4) is 0 Å². The Morgan fingerprint density at radius 3 is 2.58 bits per heavy atom. The van der Waals surface area contributed by atoms with Crippen LogP contribution >= 0.6 is 0 Å². The van der Waals surface area contributed by atoms with Crippen LogP contribution in [0, 0.1) is 5.92 Å². The Hall–Kier alpha value is -4.40. The number of benzene rings is 1. The Morgan fingerprint density at radius 1 is 0.942 bits per heavy atom. The zero-order chi connectivity index (χ0) is 36.8. The van der Waals surface area contributed by atoms with Gasteiger partial charge >= 0.3 is 12.2 Å². The van der Waals surface area contributed by atoms with Crippen molar-refractivity contribution in [1.82, 2.24) is 25.2 Å². The molecule has 0 radical (unpaired) electrons. The van der Waals surface area contributed by atoms with E-state index in [1.807, 2.05) is 37.3 Å². The van der Waals surface area contributed by atoms with Crippen molar-refractivity contribution >= 4 is 46.0 Å². The summed E-state index contributed by atoms with van der Waals surface area (Å²) in [6.45, 7) is 2.73. The second-order valence-electron chi connectivity index (χ2n) is 14.6. The molecule has 1 aromatic carbocycles. The van der Waals surface area contributed by atoms with E-state index in [1.165, 1.54) is 4.90 Å². The lowest BCUT2D eigenvalue weighted by molar-refractivity contribution is -0.141. The average Bonchev–Trinajstić information content (AvgIpc) is 3.76. The van der Waals surface area contributed by atoms with E-state index in [0.29, 0.717) is 45.2 Å². The van der Waals surface area contributed by atoms with E-state index in [9.17, 15) is 32.4 Å². The molecule has 5 bridgehead atoms. The molecule has 0 aromatic heterocycles. The van der Waals surface area contributed by atoms with Crippen molar-refractivity contribution in [2.24, 2.45) is 5.92 Å². The molecule has 0 spiro atoms. The summed E-state index contributed by atoms with van der Waals surface area (Å²) in [6.07, 6.45) is 11.1. The Morgan fingerprint density at radius 2 is 1.77 bits per heavy atom. The first kappa shape index (κ1) is 37.4. The molecule has 14 nitrogen and oxygen atoms in total. The van der Waals surface area contributed by atoms with Gasteiger partial charge in [0.2, 0.25) is 21.8 Å². The average molecular weight is 740 g/mol. The van der Waals surface area contributed by atoms with Crippen molar-refractivity contribution in [2.45, 2.75) is 120 Å². The van der Waals surface area contributed by atoms with Crippen molar-refractivity contribution in [2.75, 3.05) is 13.2 Å². The Bertz CT molecular complexity index is 1710. The molecule has 3 N–H and O–H groups in total. The smallest absolute Gasteiger partial charge is 0.410 e. The predicted molar refractivity (Wildman–Crippen MR) is 191 cm³/mol. The third kappa shape index (κ3) is 9.33. The summed E-state index contributed by atoms with van der Waals surface area (Å²) in [6, 6.07) is 2.51. The van der Waals surface area contributed by atoms with Crippen molar-refractivity contribution in [3.63, 3.8) is 0 Å². The van der Waals surface area contributed by atoms with Gasteiger partial charge < -0.3 is 25.0 Å². The number of alkyl carbamates (subject to hydrolysis) is 1. The van der Waals surface area contributed by atoms with Crippen LogP contribution in [0.25, 0.3) is 6.08 Å². The fourth-order valence-corrected chi connectivity index (χ4v) is 8.52. The highest BCUT2D eigenvalue weighted by Crippen LogP contribution is 2.30. The monoisotopic (exact) mass is 739 g/mol. The SMILES string of the molecule is C[C@H]1CC/C=C/c2cccc3c2CN(C3)C(=O)O[C@H]2C[C@H]3C(=O)NC(C(=O)NS(=O)(=O)C4CC4)C/C=C\CCCCC[C@H](NC(=O)OC1)C(=O)N3C2. The van der Waals surface area contributed by atoms with Crippen LogP contribution in [0.2, 0.25) is 0 Å². The molecule has 6 rings (SSSR count). The number of hydrogen-bond acceptors (Lipinski definition) is 9. The van der Waals surface area contributed by atoms with Gasteiger partial charge in [-0.05, 0) is 74.0 Å². The number of allylic oxidation sites excluding steroid dienone is 2. The zero-order valence-electron chi connectivity index (χ0n) is 29.6. The van der Waals surface area contributed by atoms with Crippen LogP contribution in [0.1, 0.15) is 94.2 Å². The number of fused-ring (bicyclic) bond motifs is 3. The van der Waals surface area contributed by atoms with E-state index in [2.05, 4.69) is 21.4 Å². The Balaban J connectivity index is 1.27. The van der Waals surface area contributed by atoms with Crippen molar-refractivity contribution in [1.29, 1.82) is 0 Å². The molecule has 5 amide bonds. The maximum atomic E-state index is 14.3. The number of nitrogens with one attached hydrogen (secondary N) is 3. The quantitative estimate of drug-likeness (QED) is 0.390. The molecule has 4 aliphatic heterocycles. The summed E-state index contributed by atoms with van der Waals surface area (Å²) in [5.41, 5.74) is 3.04. The largest absolute Gasteiger partial charge is 0.449 e. The number of amides is 5. The van der Waals surface area contributed by atoms with Crippen LogP contribution in [0.15, 0.2) is 36.4 Å². The topological polar surface area (TPSA) is 181 Å². The summed E-state index contributed by atoms with van der Waals surface area (Å²) in [5, 5.41) is 4.78. The molecule has 5 atom stereocenters. The van der Waals surface area contributed by atoms with E-state index >= 15 is 0 Å². The van der Waals surface area contributed by atoms with E-state index in [-0.39, 0.29) is 31.9 Å². The standard InChI is InChI=1S/C37H49N5O9S/c1-24-11-8-9-12-25-13-10-14-26-20-41(22-29(25)26)37(47)51-27-19-32-34(44)38-30(33(43)40-52(48,49)28-17-18-28)15-6-4-2-3-5-7-16-31(35(45)42(32)21-27)39-36(46)50-23-24/h4,6,9-10,12-14,24,27-28,30-32H,2-3,5,7-8,11,15-23H2,1H3,(H,38,44)(H,39,46)(H,40,43)/b6-4-,12-9+/t24-,27-,30?,31-,32-/m0/s1. The first-order chi connectivity index (χ1) is 25.0. The predicted octanol–water partition coefficient (Wildman–Crippen LogP) is 3.65. The number of hydrogen-bond donors (Lipinski definition) is 3. The fourth-order valence-electron chi connectivity index (χ4n) is 7.17. The molecule has 1 saturated carbocycles. The first-order valence-electron chi connectivity index (χ1n) is 18.5. The van der Waals surface area contributed by atoms with Gasteiger partial charge in [-0.25, -0.2) is 18.0 Å². The van der Waals surface area contributed by atoms with E-state index in [4.69, 9.17) is 9.47 Å². The molecule has 5 aliphatic rings. The second-order valence-corrected chi connectivity index (χ2v) is 16.5. The molecule has 2 fully saturated rings. The van der Waals surface area contributed by atoms with E-state index in [1.54, 1.807) is 11.0 Å². The van der Waals surface area contributed by atoms with Crippen LogP contribution in [0.5, 0.6) is 0 Å². The number of cyclic esters (lactones) is 1. The number of rotatable bonds is 3. The van der Waals surface area contributed by atoms with Crippen molar-refractivity contribution in [3.05, 3.63) is 53.1 Å². The second kappa shape index (κ2) is 16.5. The lowest BCUT2D eigenvalue weighted by Gasteiger charge is -2.29. The van der Waals surface area contributed by atoms with Gasteiger partial charge in [0.1, 0.15) is 24.2 Å². The van der Waals surface area contributed by atoms with Gasteiger partial charge in [0, 0.05) is 13.0 Å². The molecule has 1 saturated heterocycles. The number of nitrogens with zero attached hydrogens (tertiary/aromatic N) is 2. The van der Waals surface area contributed by atoms with Gasteiger partial charge in [0.05, 0.1) is 24.9 Å². The minimum Gasteiger partial charge on any atom is -0.449 e. The van der Waals surface area contributed by atoms with E-state index in [0.717, 1.165) is 42.4 Å².